The molecule has 6 nitrogen and oxygen atoms in total. The summed E-state index contributed by atoms with van der Waals surface area (Å²) in [6, 6.07) is 0. The lowest BCUT2D eigenvalue weighted by Gasteiger charge is -2.24. The summed E-state index contributed by atoms with van der Waals surface area (Å²) in [5.41, 5.74) is 0. The van der Waals surface area contributed by atoms with Gasteiger partial charge in [-0.1, -0.05) is 0 Å². The molecule has 0 radical (unpaired) electrons. The maximum atomic E-state index is 9.28. The second-order valence-corrected chi connectivity index (χ2v) is 2.72. The molecule has 0 amide bonds. The summed E-state index contributed by atoms with van der Waals surface area (Å²) in [4.78, 5) is 0. The van der Waals surface area contributed by atoms with Gasteiger partial charge >= 0.3 is 0 Å². The fraction of sp³-hybridized carbons (Fsp3) is 1.00. The Hall–Kier alpha value is -0.240. The van der Waals surface area contributed by atoms with Gasteiger partial charge in [0.2, 0.25) is 11.6 Å². The van der Waals surface area contributed by atoms with Crippen molar-refractivity contribution < 1.29 is 29.9 Å². The SMILES string of the molecule is OCC1(O)COC(CO)(CO)O1. The van der Waals surface area contributed by atoms with Crippen LogP contribution < -0.4 is 0 Å². The van der Waals surface area contributed by atoms with Gasteiger partial charge in [-0.25, -0.2) is 0 Å². The van der Waals surface area contributed by atoms with E-state index in [0.29, 0.717) is 0 Å². The zero-order valence-corrected chi connectivity index (χ0v) is 6.43. The summed E-state index contributed by atoms with van der Waals surface area (Å²) in [7, 11) is 0. The third kappa shape index (κ3) is 1.58. The zero-order valence-electron chi connectivity index (χ0n) is 6.43. The maximum Gasteiger partial charge on any atom is 0.218 e. The highest BCUT2D eigenvalue weighted by Gasteiger charge is 2.49. The quantitative estimate of drug-likeness (QED) is 0.380. The summed E-state index contributed by atoms with van der Waals surface area (Å²) >= 11 is 0. The zero-order chi connectivity index (χ0) is 9.24. The van der Waals surface area contributed by atoms with E-state index in [-0.39, 0.29) is 6.61 Å². The van der Waals surface area contributed by atoms with E-state index in [1.807, 2.05) is 0 Å². The van der Waals surface area contributed by atoms with Crippen molar-refractivity contribution >= 4 is 0 Å². The van der Waals surface area contributed by atoms with Gasteiger partial charge in [0.05, 0.1) is 19.8 Å². The van der Waals surface area contributed by atoms with Crippen LogP contribution in [0.3, 0.4) is 0 Å². The van der Waals surface area contributed by atoms with Crippen LogP contribution >= 0.6 is 0 Å². The highest BCUT2D eigenvalue weighted by atomic mass is 16.8. The van der Waals surface area contributed by atoms with Crippen LogP contribution in [0.15, 0.2) is 0 Å². The maximum absolute atomic E-state index is 9.28. The second-order valence-electron chi connectivity index (χ2n) is 2.72. The van der Waals surface area contributed by atoms with Crippen molar-refractivity contribution in [3.63, 3.8) is 0 Å². The third-order valence-electron chi connectivity index (χ3n) is 1.67. The van der Waals surface area contributed by atoms with Gasteiger partial charge in [0, 0.05) is 0 Å². The molecule has 1 aliphatic rings. The Kier molecular flexibility index (Phi) is 2.67. The van der Waals surface area contributed by atoms with Gasteiger partial charge in [-0.15, -0.1) is 0 Å². The normalized spacial score (nSPS) is 34.0. The molecule has 1 unspecified atom stereocenters. The first kappa shape index (κ1) is 9.85. The van der Waals surface area contributed by atoms with Crippen molar-refractivity contribution in [2.45, 2.75) is 11.6 Å². The van der Waals surface area contributed by atoms with Crippen molar-refractivity contribution in [2.24, 2.45) is 0 Å². The molecule has 1 fully saturated rings. The minimum Gasteiger partial charge on any atom is -0.391 e. The van der Waals surface area contributed by atoms with Crippen LogP contribution in [0.4, 0.5) is 0 Å². The average Bonchev–Trinajstić information content (AvgIpc) is 2.46. The molecule has 72 valence electrons. The molecule has 12 heavy (non-hydrogen) atoms. The first-order valence-electron chi connectivity index (χ1n) is 3.49. The van der Waals surface area contributed by atoms with Gasteiger partial charge in [-0.2, -0.15) is 0 Å². The molecule has 4 N–H and O–H groups in total. The predicted molar refractivity (Wildman–Crippen MR) is 36.0 cm³/mol. The van der Waals surface area contributed by atoms with Gasteiger partial charge in [0.25, 0.3) is 0 Å². The molecule has 0 aromatic rings. The van der Waals surface area contributed by atoms with Gasteiger partial charge in [0.1, 0.15) is 6.61 Å². The molecule has 1 heterocycles. The minimum atomic E-state index is -1.81. The molecule has 1 aliphatic heterocycles. The Bertz CT molecular complexity index is 156. The Balaban J connectivity index is 2.64. The molecule has 0 saturated carbocycles. The first-order valence-corrected chi connectivity index (χ1v) is 3.49. The molecule has 1 atom stereocenters. The van der Waals surface area contributed by atoms with Crippen LogP contribution in [-0.4, -0.2) is 58.4 Å². The summed E-state index contributed by atoms with van der Waals surface area (Å²) in [6.07, 6.45) is 0. The number of aliphatic hydroxyl groups excluding tert-OH is 3. The fourth-order valence-corrected chi connectivity index (χ4v) is 0.933. The van der Waals surface area contributed by atoms with Crippen molar-refractivity contribution in [3.8, 4) is 0 Å². The Morgan fingerprint density at radius 3 is 1.92 bits per heavy atom. The van der Waals surface area contributed by atoms with Crippen LogP contribution in [0.1, 0.15) is 0 Å². The molecular weight excluding hydrogens is 168 g/mol. The smallest absolute Gasteiger partial charge is 0.218 e. The molecule has 0 aromatic carbocycles. The number of hydrogen-bond donors (Lipinski definition) is 4. The monoisotopic (exact) mass is 180 g/mol. The predicted octanol–water partition coefficient (Wildman–Crippen LogP) is -2.60. The third-order valence-corrected chi connectivity index (χ3v) is 1.67. The lowest BCUT2D eigenvalue weighted by atomic mass is 10.3. The van der Waals surface area contributed by atoms with Crippen LogP contribution in [0.5, 0.6) is 0 Å². The van der Waals surface area contributed by atoms with E-state index >= 15 is 0 Å². The van der Waals surface area contributed by atoms with E-state index in [1.165, 1.54) is 0 Å². The van der Waals surface area contributed by atoms with Gasteiger partial charge in [0.15, 0.2) is 0 Å². The highest BCUT2D eigenvalue weighted by molar-refractivity contribution is 4.82. The van der Waals surface area contributed by atoms with E-state index in [1.54, 1.807) is 0 Å². The summed E-state index contributed by atoms with van der Waals surface area (Å²) in [6.45, 7) is -2.07. The molecule has 0 spiro atoms. The Labute approximate surface area is 69.0 Å². The lowest BCUT2D eigenvalue weighted by molar-refractivity contribution is -0.278. The van der Waals surface area contributed by atoms with Gasteiger partial charge in [-0.05, 0) is 0 Å². The van der Waals surface area contributed by atoms with Crippen LogP contribution in [-0.2, 0) is 9.47 Å². The number of rotatable bonds is 3. The molecule has 0 aliphatic carbocycles. The summed E-state index contributed by atoms with van der Waals surface area (Å²) in [5, 5.41) is 35.4. The average molecular weight is 180 g/mol. The fourth-order valence-electron chi connectivity index (χ4n) is 0.933. The summed E-state index contributed by atoms with van der Waals surface area (Å²) in [5.74, 6) is -3.40. The standard InChI is InChI=1S/C6H12O6/c7-1-5(10)4-11-6(2-8,3-9)12-5/h7-10H,1-4H2. The van der Waals surface area contributed by atoms with Gasteiger partial charge < -0.3 is 29.9 Å². The van der Waals surface area contributed by atoms with Crippen LogP contribution in [0.25, 0.3) is 0 Å². The first-order chi connectivity index (χ1) is 5.60. The Morgan fingerprint density at radius 2 is 1.67 bits per heavy atom. The molecule has 6 heteroatoms. The van der Waals surface area contributed by atoms with Crippen LogP contribution in [0, 0.1) is 0 Å². The van der Waals surface area contributed by atoms with E-state index in [2.05, 4.69) is 0 Å². The second kappa shape index (κ2) is 3.25. The van der Waals surface area contributed by atoms with Gasteiger partial charge in [-0.3, -0.25) is 0 Å². The molecule has 0 aromatic heterocycles. The summed E-state index contributed by atoms with van der Waals surface area (Å²) < 4.78 is 9.58. The highest BCUT2D eigenvalue weighted by Crippen LogP contribution is 2.28. The minimum absolute atomic E-state index is 0.273. The van der Waals surface area contributed by atoms with Crippen LogP contribution in [0.2, 0.25) is 0 Å². The number of hydrogen-bond acceptors (Lipinski definition) is 6. The van der Waals surface area contributed by atoms with Crippen molar-refractivity contribution in [1.82, 2.24) is 0 Å². The topological polar surface area (TPSA) is 99.4 Å². The lowest BCUT2D eigenvalue weighted by Crippen LogP contribution is -2.44. The molecule has 1 saturated heterocycles. The van der Waals surface area contributed by atoms with E-state index in [9.17, 15) is 5.11 Å². The number of aliphatic hydroxyl groups is 4. The van der Waals surface area contributed by atoms with Crippen molar-refractivity contribution in [3.05, 3.63) is 0 Å². The Morgan fingerprint density at radius 1 is 1.08 bits per heavy atom. The van der Waals surface area contributed by atoms with Crippen molar-refractivity contribution in [2.75, 3.05) is 26.4 Å². The van der Waals surface area contributed by atoms with E-state index in [0.717, 1.165) is 0 Å². The molecular formula is C6H12O6. The number of ether oxygens (including phenoxy) is 2. The molecule has 1 rings (SSSR count). The van der Waals surface area contributed by atoms with E-state index in [4.69, 9.17) is 24.8 Å². The van der Waals surface area contributed by atoms with Crippen molar-refractivity contribution in [1.29, 1.82) is 0 Å². The molecule has 0 bridgehead atoms. The largest absolute Gasteiger partial charge is 0.391 e. The van der Waals surface area contributed by atoms with E-state index < -0.39 is 31.4 Å².